The monoisotopic (exact) mass is 309 g/mol. The molecule has 4 nitrogen and oxygen atoms in total. The maximum Gasteiger partial charge on any atom is 0.251 e. The van der Waals surface area contributed by atoms with Crippen LogP contribution >= 0.6 is 0 Å². The number of methoxy groups -OCH3 is 1. The minimum atomic E-state index is -0.626. The summed E-state index contributed by atoms with van der Waals surface area (Å²) in [6.45, 7) is 0.267. The molecule has 1 atom stereocenters. The normalized spacial score (nSPS) is 11.3. The Morgan fingerprint density at radius 1 is 1.09 bits per heavy atom. The zero-order chi connectivity index (χ0) is 16.7. The van der Waals surface area contributed by atoms with E-state index in [0.29, 0.717) is 5.56 Å². The van der Waals surface area contributed by atoms with E-state index in [1.165, 1.54) is 0 Å². The highest BCUT2D eigenvalue weighted by Crippen LogP contribution is 2.13. The molecule has 2 aromatic carbocycles. The zero-order valence-electron chi connectivity index (χ0n) is 13.2. The van der Waals surface area contributed by atoms with Crippen molar-refractivity contribution in [2.75, 3.05) is 20.8 Å². The molecule has 0 saturated carbocycles. The first-order valence-corrected chi connectivity index (χ1v) is 7.25. The van der Waals surface area contributed by atoms with E-state index in [4.69, 9.17) is 4.74 Å². The van der Waals surface area contributed by atoms with E-state index < -0.39 is 6.10 Å². The molecule has 0 radical (unpaired) electrons. The fraction of sp³-hybridized carbons (Fsp3) is 0.211. The number of carbonyl (C=O) groups excluding carboxylic acids is 1. The van der Waals surface area contributed by atoms with Gasteiger partial charge in [0.05, 0.1) is 6.61 Å². The van der Waals surface area contributed by atoms with Crippen LogP contribution in [0.25, 0.3) is 0 Å². The molecule has 4 heteroatoms. The quantitative estimate of drug-likeness (QED) is 0.851. The first kappa shape index (κ1) is 16.8. The Labute approximate surface area is 136 Å². The molecule has 0 aliphatic rings. The number of aliphatic hydroxyl groups excluding tert-OH is 1. The Hall–Kier alpha value is -2.61. The van der Waals surface area contributed by atoms with Gasteiger partial charge in [-0.1, -0.05) is 24.0 Å². The molecule has 0 heterocycles. The van der Waals surface area contributed by atoms with Crippen LogP contribution in [0.15, 0.2) is 48.5 Å². The first-order valence-electron chi connectivity index (χ1n) is 7.25. The topological polar surface area (TPSA) is 58.6 Å². The van der Waals surface area contributed by atoms with Crippen molar-refractivity contribution < 1.29 is 14.6 Å². The molecule has 2 N–H and O–H groups in total. The van der Waals surface area contributed by atoms with Crippen LogP contribution in [0.5, 0.6) is 0 Å². The van der Waals surface area contributed by atoms with Crippen LogP contribution < -0.4 is 5.32 Å². The molecule has 118 valence electrons. The minimum Gasteiger partial charge on any atom is -0.386 e. The summed E-state index contributed by atoms with van der Waals surface area (Å²) >= 11 is 0. The van der Waals surface area contributed by atoms with Crippen molar-refractivity contribution in [3.8, 4) is 11.8 Å². The standard InChI is InChI=1S/C19H19NO3/c1-20-19(22)17-11-7-15(8-12-17)4-3-14-5-9-16(10-6-14)18(21)13-23-2/h5-12,18,21H,13H2,1-2H3,(H,20,22)/t18-/m1/s1. The predicted molar refractivity (Wildman–Crippen MR) is 89.1 cm³/mol. The molecule has 0 bridgehead atoms. The van der Waals surface area contributed by atoms with Crippen molar-refractivity contribution in [1.29, 1.82) is 0 Å². The third kappa shape index (κ3) is 4.68. The van der Waals surface area contributed by atoms with E-state index in [-0.39, 0.29) is 12.5 Å². The van der Waals surface area contributed by atoms with Gasteiger partial charge in [-0.05, 0) is 42.0 Å². The number of hydrogen-bond donors (Lipinski definition) is 2. The lowest BCUT2D eigenvalue weighted by Crippen LogP contribution is -2.17. The number of carbonyl (C=O) groups is 1. The Bertz CT molecular complexity index is 709. The number of ether oxygens (including phenoxy) is 1. The maximum atomic E-state index is 11.5. The molecular weight excluding hydrogens is 290 g/mol. The highest BCUT2D eigenvalue weighted by Gasteiger charge is 2.05. The van der Waals surface area contributed by atoms with Gasteiger partial charge in [0.2, 0.25) is 0 Å². The summed E-state index contributed by atoms with van der Waals surface area (Å²) < 4.78 is 4.92. The third-order valence-corrected chi connectivity index (χ3v) is 3.35. The second-order valence-electron chi connectivity index (χ2n) is 5.00. The van der Waals surface area contributed by atoms with Crippen molar-refractivity contribution in [3.05, 3.63) is 70.8 Å². The Kier molecular flexibility index (Phi) is 5.93. The van der Waals surface area contributed by atoms with E-state index in [0.717, 1.165) is 16.7 Å². The summed E-state index contributed by atoms with van der Waals surface area (Å²) in [4.78, 5) is 11.5. The van der Waals surface area contributed by atoms with Crippen molar-refractivity contribution >= 4 is 5.91 Å². The van der Waals surface area contributed by atoms with Gasteiger partial charge < -0.3 is 15.2 Å². The van der Waals surface area contributed by atoms with Gasteiger partial charge in [0.15, 0.2) is 0 Å². The van der Waals surface area contributed by atoms with Gasteiger partial charge in [-0.15, -0.1) is 0 Å². The third-order valence-electron chi connectivity index (χ3n) is 3.35. The number of aliphatic hydroxyl groups is 1. The van der Waals surface area contributed by atoms with Crippen molar-refractivity contribution in [2.45, 2.75) is 6.10 Å². The van der Waals surface area contributed by atoms with Gasteiger partial charge in [0, 0.05) is 30.8 Å². The average molecular weight is 309 g/mol. The SMILES string of the molecule is CNC(=O)c1ccc(C#Cc2ccc([C@H](O)COC)cc2)cc1. The molecule has 0 unspecified atom stereocenters. The smallest absolute Gasteiger partial charge is 0.251 e. The van der Waals surface area contributed by atoms with E-state index in [2.05, 4.69) is 17.2 Å². The molecule has 1 amide bonds. The fourth-order valence-electron chi connectivity index (χ4n) is 2.04. The van der Waals surface area contributed by atoms with Crippen LogP contribution in [0.3, 0.4) is 0 Å². The fourth-order valence-corrected chi connectivity index (χ4v) is 2.04. The van der Waals surface area contributed by atoms with Crippen LogP contribution in [-0.4, -0.2) is 31.8 Å². The number of benzene rings is 2. The van der Waals surface area contributed by atoms with Crippen LogP contribution in [0.4, 0.5) is 0 Å². The van der Waals surface area contributed by atoms with E-state index >= 15 is 0 Å². The van der Waals surface area contributed by atoms with Crippen molar-refractivity contribution in [3.63, 3.8) is 0 Å². The van der Waals surface area contributed by atoms with Crippen LogP contribution in [0, 0.1) is 11.8 Å². The average Bonchev–Trinajstić information content (AvgIpc) is 2.60. The number of amides is 1. The molecule has 0 aromatic heterocycles. The van der Waals surface area contributed by atoms with Gasteiger partial charge >= 0.3 is 0 Å². The molecule has 2 rings (SSSR count). The number of nitrogens with one attached hydrogen (secondary N) is 1. The Balaban J connectivity index is 2.08. The Morgan fingerprint density at radius 3 is 2.09 bits per heavy atom. The zero-order valence-corrected chi connectivity index (χ0v) is 13.2. The second-order valence-corrected chi connectivity index (χ2v) is 5.00. The number of hydrogen-bond acceptors (Lipinski definition) is 3. The predicted octanol–water partition coefficient (Wildman–Crippen LogP) is 2.13. The highest BCUT2D eigenvalue weighted by molar-refractivity contribution is 5.94. The van der Waals surface area contributed by atoms with E-state index in [9.17, 15) is 9.90 Å². The van der Waals surface area contributed by atoms with Gasteiger partial charge in [-0.3, -0.25) is 4.79 Å². The molecule has 0 fully saturated rings. The van der Waals surface area contributed by atoms with Gasteiger partial charge in [-0.25, -0.2) is 0 Å². The van der Waals surface area contributed by atoms with E-state index in [1.807, 2.05) is 36.4 Å². The molecular formula is C19H19NO3. The summed E-state index contributed by atoms with van der Waals surface area (Å²) in [5.74, 6) is 5.99. The summed E-state index contributed by atoms with van der Waals surface area (Å²) in [5, 5.41) is 12.4. The highest BCUT2D eigenvalue weighted by atomic mass is 16.5. The summed E-state index contributed by atoms with van der Waals surface area (Å²) in [7, 11) is 3.15. The largest absolute Gasteiger partial charge is 0.386 e. The molecule has 0 spiro atoms. The minimum absolute atomic E-state index is 0.116. The molecule has 23 heavy (non-hydrogen) atoms. The first-order chi connectivity index (χ1) is 11.1. The molecule has 2 aromatic rings. The number of rotatable bonds is 4. The van der Waals surface area contributed by atoms with Crippen LogP contribution in [-0.2, 0) is 4.74 Å². The van der Waals surface area contributed by atoms with Gasteiger partial charge in [0.1, 0.15) is 6.10 Å². The molecule has 0 aliphatic heterocycles. The lowest BCUT2D eigenvalue weighted by atomic mass is 10.1. The summed E-state index contributed by atoms with van der Waals surface area (Å²) in [6, 6.07) is 14.5. The second kappa shape index (κ2) is 8.14. The lowest BCUT2D eigenvalue weighted by molar-refractivity contribution is 0.0644. The molecule has 0 saturated heterocycles. The Morgan fingerprint density at radius 2 is 1.61 bits per heavy atom. The summed E-state index contributed by atoms with van der Waals surface area (Å²) in [6.07, 6.45) is -0.626. The van der Waals surface area contributed by atoms with Crippen LogP contribution in [0.1, 0.15) is 33.2 Å². The lowest BCUT2D eigenvalue weighted by Gasteiger charge is -2.09. The van der Waals surface area contributed by atoms with Crippen molar-refractivity contribution in [2.24, 2.45) is 0 Å². The van der Waals surface area contributed by atoms with Crippen molar-refractivity contribution in [1.82, 2.24) is 5.32 Å². The van der Waals surface area contributed by atoms with Gasteiger partial charge in [0.25, 0.3) is 5.91 Å². The van der Waals surface area contributed by atoms with Crippen LogP contribution in [0.2, 0.25) is 0 Å². The van der Waals surface area contributed by atoms with E-state index in [1.54, 1.807) is 26.3 Å². The summed E-state index contributed by atoms with van der Waals surface area (Å²) in [5.41, 5.74) is 3.09. The molecule has 0 aliphatic carbocycles. The van der Waals surface area contributed by atoms with Gasteiger partial charge in [-0.2, -0.15) is 0 Å². The maximum absolute atomic E-state index is 11.5.